The van der Waals surface area contributed by atoms with Crippen molar-refractivity contribution in [2.75, 3.05) is 17.6 Å². The lowest BCUT2D eigenvalue weighted by Gasteiger charge is -2.24. The molecule has 9 nitrogen and oxygen atoms in total. The fourth-order valence-electron chi connectivity index (χ4n) is 2.78. The second-order valence-electron chi connectivity index (χ2n) is 6.69. The van der Waals surface area contributed by atoms with E-state index in [1.807, 2.05) is 26.0 Å². The van der Waals surface area contributed by atoms with Gasteiger partial charge in [-0.25, -0.2) is 4.98 Å². The summed E-state index contributed by atoms with van der Waals surface area (Å²) >= 11 is 0. The van der Waals surface area contributed by atoms with Crippen molar-refractivity contribution in [3.63, 3.8) is 0 Å². The van der Waals surface area contributed by atoms with Crippen molar-refractivity contribution in [1.82, 2.24) is 25.1 Å². The topological polar surface area (TPSA) is 130 Å². The Morgan fingerprint density at radius 1 is 1.29 bits per heavy atom. The van der Waals surface area contributed by atoms with E-state index in [-0.39, 0.29) is 12.5 Å². The molecule has 0 aliphatic rings. The summed E-state index contributed by atoms with van der Waals surface area (Å²) in [6.45, 7) is 4.80. The van der Waals surface area contributed by atoms with Gasteiger partial charge in [-0.3, -0.25) is 19.7 Å². The minimum Gasteiger partial charge on any atom is -0.383 e. The number of rotatable bonds is 6. The van der Waals surface area contributed by atoms with Crippen molar-refractivity contribution in [3.05, 3.63) is 42.5 Å². The lowest BCUT2D eigenvalue weighted by atomic mass is 10.1. The molecule has 3 aromatic heterocycles. The number of anilines is 2. The Labute approximate surface area is 162 Å². The van der Waals surface area contributed by atoms with E-state index in [1.54, 1.807) is 12.3 Å². The number of aromatic amines is 1. The number of nitrogen functional groups attached to an aromatic ring is 1. The molecule has 0 spiro atoms. The van der Waals surface area contributed by atoms with Crippen molar-refractivity contribution < 1.29 is 9.59 Å². The lowest BCUT2D eigenvalue weighted by Crippen LogP contribution is -2.41. The highest BCUT2D eigenvalue weighted by Gasteiger charge is 2.25. The number of aromatic nitrogens is 4. The first kappa shape index (κ1) is 19.3. The van der Waals surface area contributed by atoms with E-state index in [1.165, 1.54) is 17.3 Å². The van der Waals surface area contributed by atoms with Crippen LogP contribution in [-0.2, 0) is 16.1 Å². The van der Waals surface area contributed by atoms with Crippen LogP contribution in [0.2, 0.25) is 0 Å². The normalized spacial score (nSPS) is 11.9. The molecule has 2 amide bonds. The van der Waals surface area contributed by atoms with Crippen LogP contribution in [0.4, 0.5) is 11.5 Å². The molecule has 1 atom stereocenters. The molecule has 4 N–H and O–H groups in total. The highest BCUT2D eigenvalue weighted by Crippen LogP contribution is 2.24. The maximum absolute atomic E-state index is 12.9. The number of hydrogen-bond acceptors (Lipinski definition) is 6. The molecule has 3 aromatic rings. The van der Waals surface area contributed by atoms with Gasteiger partial charge in [0.1, 0.15) is 5.82 Å². The molecule has 0 aliphatic heterocycles. The monoisotopic (exact) mass is 381 g/mol. The molecule has 0 radical (unpaired) electrons. The number of amides is 2. The Morgan fingerprint density at radius 2 is 2.11 bits per heavy atom. The van der Waals surface area contributed by atoms with Crippen LogP contribution in [0.15, 0.2) is 36.8 Å². The van der Waals surface area contributed by atoms with Gasteiger partial charge >= 0.3 is 11.8 Å². The number of nitrogens with zero attached hydrogens (tertiary/aromatic N) is 4. The Morgan fingerprint density at radius 3 is 2.82 bits per heavy atom. The molecule has 0 aliphatic carbocycles. The van der Waals surface area contributed by atoms with Gasteiger partial charge in [-0.05, 0) is 18.1 Å². The third kappa shape index (κ3) is 4.25. The quantitative estimate of drug-likeness (QED) is 0.560. The van der Waals surface area contributed by atoms with E-state index in [0.717, 1.165) is 12.1 Å². The van der Waals surface area contributed by atoms with Crippen LogP contribution < -0.4 is 11.1 Å². The summed E-state index contributed by atoms with van der Waals surface area (Å²) in [7, 11) is 0. The van der Waals surface area contributed by atoms with Crippen LogP contribution in [0.25, 0.3) is 10.9 Å². The first-order valence-electron chi connectivity index (χ1n) is 9.07. The smallest absolute Gasteiger partial charge is 0.314 e. The molecule has 0 saturated heterocycles. The number of hydrogen-bond donors (Lipinski definition) is 3. The average Bonchev–Trinajstić information content (AvgIpc) is 3.20. The van der Waals surface area contributed by atoms with Crippen LogP contribution in [-0.4, -0.2) is 43.4 Å². The van der Waals surface area contributed by atoms with Crippen LogP contribution in [0.5, 0.6) is 0 Å². The summed E-state index contributed by atoms with van der Waals surface area (Å²) in [5, 5.41) is 9.88. The summed E-state index contributed by atoms with van der Waals surface area (Å²) in [6, 6.07) is 5.48. The fraction of sp³-hybridized carbons (Fsp3) is 0.316. The van der Waals surface area contributed by atoms with Gasteiger partial charge in [0, 0.05) is 12.7 Å². The summed E-state index contributed by atoms with van der Waals surface area (Å²) < 4.78 is 0. The zero-order valence-corrected chi connectivity index (χ0v) is 15.8. The first-order chi connectivity index (χ1) is 13.5. The maximum atomic E-state index is 12.9. The summed E-state index contributed by atoms with van der Waals surface area (Å²) in [5.74, 6) is -0.836. The molecule has 0 aromatic carbocycles. The van der Waals surface area contributed by atoms with Crippen LogP contribution >= 0.6 is 0 Å². The van der Waals surface area contributed by atoms with Gasteiger partial charge in [-0.1, -0.05) is 26.3 Å². The number of carbonyl (C=O) groups excluding carboxylic acids is 2. The molecule has 9 heteroatoms. The van der Waals surface area contributed by atoms with Crippen molar-refractivity contribution in [2.24, 2.45) is 5.92 Å². The lowest BCUT2D eigenvalue weighted by molar-refractivity contribution is -0.144. The van der Waals surface area contributed by atoms with E-state index in [4.69, 9.17) is 5.73 Å². The Balaban J connectivity index is 1.79. The highest BCUT2D eigenvalue weighted by atomic mass is 16.2. The standard InChI is InChI=1S/C19H23N7O2/c1-3-12(2)10-26(11-13-6-4-5-7-21-13)19(28)18(27)24-15-9-22-17(20)14-8-23-25-16(14)15/h4-9,12H,3,10-11H2,1-2H3,(H2,20,22)(H,23,25)(H,24,27)/t12-/m1/s1. The molecule has 0 unspecified atom stereocenters. The number of pyridine rings is 2. The molecule has 0 bridgehead atoms. The fourth-order valence-corrected chi connectivity index (χ4v) is 2.78. The van der Waals surface area contributed by atoms with Crippen LogP contribution in [0.3, 0.4) is 0 Å². The third-order valence-electron chi connectivity index (χ3n) is 4.56. The van der Waals surface area contributed by atoms with E-state index < -0.39 is 11.8 Å². The van der Waals surface area contributed by atoms with E-state index in [0.29, 0.717) is 29.0 Å². The Kier molecular flexibility index (Phi) is 5.83. The van der Waals surface area contributed by atoms with Gasteiger partial charge in [0.25, 0.3) is 0 Å². The zero-order chi connectivity index (χ0) is 20.1. The Bertz CT molecular complexity index is 971. The summed E-state index contributed by atoms with van der Waals surface area (Å²) in [6.07, 6.45) is 5.48. The number of H-pyrrole nitrogens is 1. The minimum absolute atomic E-state index is 0.248. The number of nitrogens with two attached hydrogens (primary N) is 1. The number of nitrogens with one attached hydrogen (secondary N) is 2. The van der Waals surface area contributed by atoms with E-state index >= 15 is 0 Å². The second-order valence-corrected chi connectivity index (χ2v) is 6.69. The summed E-state index contributed by atoms with van der Waals surface area (Å²) in [4.78, 5) is 35.3. The summed E-state index contributed by atoms with van der Waals surface area (Å²) in [5.41, 5.74) is 7.39. The van der Waals surface area contributed by atoms with Crippen LogP contribution in [0, 0.1) is 5.92 Å². The minimum atomic E-state index is -0.748. The molecule has 146 valence electrons. The zero-order valence-electron chi connectivity index (χ0n) is 15.8. The molecule has 28 heavy (non-hydrogen) atoms. The molecule has 0 saturated carbocycles. The molecule has 0 fully saturated rings. The van der Waals surface area contributed by atoms with Gasteiger partial charge in [0.05, 0.1) is 41.2 Å². The van der Waals surface area contributed by atoms with Crippen LogP contribution in [0.1, 0.15) is 26.0 Å². The predicted molar refractivity (Wildman–Crippen MR) is 106 cm³/mol. The third-order valence-corrected chi connectivity index (χ3v) is 4.56. The van der Waals surface area contributed by atoms with Crippen molar-refractivity contribution in [3.8, 4) is 0 Å². The molecule has 3 heterocycles. The van der Waals surface area contributed by atoms with Gasteiger partial charge < -0.3 is 16.0 Å². The molecule has 3 rings (SSSR count). The number of fused-ring (bicyclic) bond motifs is 1. The van der Waals surface area contributed by atoms with Crippen molar-refractivity contribution in [2.45, 2.75) is 26.8 Å². The molecular formula is C19H23N7O2. The SMILES string of the molecule is CC[C@@H](C)CN(Cc1ccccn1)C(=O)C(=O)Nc1cnc(N)c2cn[nH]c12. The van der Waals surface area contributed by atoms with Crippen molar-refractivity contribution in [1.29, 1.82) is 0 Å². The largest absolute Gasteiger partial charge is 0.383 e. The van der Waals surface area contributed by atoms with Gasteiger partial charge in [0.2, 0.25) is 0 Å². The number of carbonyl (C=O) groups is 2. The Hall–Kier alpha value is -3.49. The van der Waals surface area contributed by atoms with E-state index in [9.17, 15) is 9.59 Å². The first-order valence-corrected chi connectivity index (χ1v) is 9.07. The average molecular weight is 381 g/mol. The van der Waals surface area contributed by atoms with Crippen molar-refractivity contribution >= 4 is 34.2 Å². The predicted octanol–water partition coefficient (Wildman–Crippen LogP) is 1.95. The highest BCUT2D eigenvalue weighted by molar-refractivity contribution is 6.40. The van der Waals surface area contributed by atoms with Gasteiger partial charge in [-0.15, -0.1) is 0 Å². The van der Waals surface area contributed by atoms with Gasteiger partial charge in [0.15, 0.2) is 0 Å². The van der Waals surface area contributed by atoms with Gasteiger partial charge in [-0.2, -0.15) is 5.10 Å². The van der Waals surface area contributed by atoms with E-state index in [2.05, 4.69) is 25.5 Å². The molecular weight excluding hydrogens is 358 g/mol. The second kappa shape index (κ2) is 8.47. The maximum Gasteiger partial charge on any atom is 0.314 e.